The van der Waals surface area contributed by atoms with Crippen molar-refractivity contribution in [2.75, 3.05) is 11.6 Å². The maximum absolute atomic E-state index is 14.7. The monoisotopic (exact) mass is 493 g/mol. The second-order valence-electron chi connectivity index (χ2n) is 7.29. The molecule has 4 nitrogen and oxygen atoms in total. The number of amides is 1. The van der Waals surface area contributed by atoms with E-state index >= 15 is 0 Å². The normalized spacial score (nSPS) is 18.1. The molecule has 1 aliphatic rings. The smallest absolute Gasteiger partial charge is 0.330 e. The Bertz CT molecular complexity index is 895. The van der Waals surface area contributed by atoms with Crippen LogP contribution in [0.3, 0.4) is 0 Å². The molecule has 3 rings (SSSR count). The molecule has 0 aliphatic carbocycles. The highest BCUT2D eigenvalue weighted by atomic mass is 79.9. The first-order valence-electron chi connectivity index (χ1n) is 10.00. The van der Waals surface area contributed by atoms with Crippen LogP contribution in [-0.4, -0.2) is 39.5 Å². The second kappa shape index (κ2) is 10.4. The summed E-state index contributed by atoms with van der Waals surface area (Å²) in [5.41, 5.74) is 1.87. The highest BCUT2D eigenvalue weighted by Crippen LogP contribution is 2.30. The number of nitrogens with zero attached hydrogens (tertiary/aromatic N) is 1. The summed E-state index contributed by atoms with van der Waals surface area (Å²) < 4.78 is 20.2. The van der Waals surface area contributed by atoms with Gasteiger partial charge in [0.2, 0.25) is 5.91 Å². The van der Waals surface area contributed by atoms with E-state index in [9.17, 15) is 14.0 Å². The van der Waals surface area contributed by atoms with Crippen LogP contribution >= 0.6 is 27.7 Å². The molecule has 0 saturated carbocycles. The number of halogens is 2. The van der Waals surface area contributed by atoms with Crippen molar-refractivity contribution in [3.05, 3.63) is 59.9 Å². The number of alkyl halides is 1. The highest BCUT2D eigenvalue weighted by Gasteiger charge is 2.38. The van der Waals surface area contributed by atoms with Gasteiger partial charge in [-0.05, 0) is 46.5 Å². The number of hydrogen-bond acceptors (Lipinski definition) is 4. The van der Waals surface area contributed by atoms with Crippen LogP contribution in [0.1, 0.15) is 38.2 Å². The molecule has 0 aromatic heterocycles. The number of benzene rings is 2. The number of carbonyl (C=O) groups excluding carboxylic acids is 2. The topological polar surface area (TPSA) is 46.6 Å². The fraction of sp³-hybridized carbons (Fsp3) is 0.391. The van der Waals surface area contributed by atoms with E-state index in [1.54, 1.807) is 24.0 Å². The van der Waals surface area contributed by atoms with Crippen molar-refractivity contribution in [1.82, 2.24) is 4.90 Å². The summed E-state index contributed by atoms with van der Waals surface area (Å²) >= 11 is 4.87. The Morgan fingerprint density at radius 3 is 2.67 bits per heavy atom. The van der Waals surface area contributed by atoms with E-state index in [0.717, 1.165) is 12.0 Å². The van der Waals surface area contributed by atoms with Crippen molar-refractivity contribution in [2.24, 2.45) is 0 Å². The summed E-state index contributed by atoms with van der Waals surface area (Å²) in [6.07, 6.45) is 1.59. The highest BCUT2D eigenvalue weighted by molar-refractivity contribution is 9.09. The number of ether oxygens (including phenoxy) is 1. The van der Waals surface area contributed by atoms with Crippen LogP contribution in [0.4, 0.5) is 4.39 Å². The molecule has 2 aromatic rings. The number of carbonyl (C=O) groups is 2. The first-order valence-corrected chi connectivity index (χ1v) is 12.1. The fourth-order valence-corrected chi connectivity index (χ4v) is 5.18. The minimum atomic E-state index is -0.615. The van der Waals surface area contributed by atoms with Gasteiger partial charge in [0.15, 0.2) is 5.01 Å². The third kappa shape index (κ3) is 5.24. The minimum absolute atomic E-state index is 0.199. The van der Waals surface area contributed by atoms with Gasteiger partial charge in [0.1, 0.15) is 11.9 Å². The Morgan fingerprint density at radius 2 is 2.00 bits per heavy atom. The molecule has 1 amide bonds. The van der Waals surface area contributed by atoms with Gasteiger partial charge in [-0.3, -0.25) is 4.79 Å². The van der Waals surface area contributed by atoms with Crippen molar-refractivity contribution in [2.45, 2.75) is 43.7 Å². The van der Waals surface area contributed by atoms with E-state index in [-0.39, 0.29) is 16.7 Å². The van der Waals surface area contributed by atoms with E-state index in [1.165, 1.54) is 17.8 Å². The number of thioether (sulfide) groups is 1. The summed E-state index contributed by atoms with van der Waals surface area (Å²) in [5, 5.41) is -0.352. The van der Waals surface area contributed by atoms with Gasteiger partial charge in [0.25, 0.3) is 0 Å². The molecule has 7 heteroatoms. The molecule has 2 aromatic carbocycles. The SMILES string of the molecule is CCCC(Br)OC(=O)C1CSCN1C(=O)C(C)c1ccc(-c2ccccc2)c(F)c1. The van der Waals surface area contributed by atoms with Gasteiger partial charge >= 0.3 is 5.97 Å². The maximum atomic E-state index is 14.7. The van der Waals surface area contributed by atoms with Crippen molar-refractivity contribution in [3.8, 4) is 11.1 Å². The molecular formula is C23H25BrFNO3S. The first kappa shape index (κ1) is 22.8. The lowest BCUT2D eigenvalue weighted by Crippen LogP contribution is -2.45. The van der Waals surface area contributed by atoms with Crippen LogP contribution in [0.25, 0.3) is 11.1 Å². The summed E-state index contributed by atoms with van der Waals surface area (Å²) in [6, 6.07) is 13.6. The molecule has 160 valence electrons. The molecule has 1 heterocycles. The zero-order chi connectivity index (χ0) is 21.7. The fourth-order valence-electron chi connectivity index (χ4n) is 3.39. The lowest BCUT2D eigenvalue weighted by Gasteiger charge is -2.26. The van der Waals surface area contributed by atoms with E-state index in [2.05, 4.69) is 15.9 Å². The van der Waals surface area contributed by atoms with Gasteiger partial charge < -0.3 is 9.64 Å². The van der Waals surface area contributed by atoms with Crippen LogP contribution < -0.4 is 0 Å². The molecule has 1 aliphatic heterocycles. The molecule has 0 N–H and O–H groups in total. The second-order valence-corrected chi connectivity index (χ2v) is 9.31. The zero-order valence-corrected chi connectivity index (χ0v) is 19.4. The summed E-state index contributed by atoms with van der Waals surface area (Å²) in [7, 11) is 0. The Labute approximate surface area is 189 Å². The van der Waals surface area contributed by atoms with Crippen LogP contribution in [0.15, 0.2) is 48.5 Å². The average Bonchev–Trinajstić information content (AvgIpc) is 3.23. The van der Waals surface area contributed by atoms with Crippen molar-refractivity contribution in [1.29, 1.82) is 0 Å². The summed E-state index contributed by atoms with van der Waals surface area (Å²) in [6.45, 7) is 3.75. The van der Waals surface area contributed by atoms with Crippen molar-refractivity contribution < 1.29 is 18.7 Å². The maximum Gasteiger partial charge on any atom is 0.330 e. The van der Waals surface area contributed by atoms with Gasteiger partial charge in [0, 0.05) is 11.3 Å². The Morgan fingerprint density at radius 1 is 1.27 bits per heavy atom. The molecular weight excluding hydrogens is 469 g/mol. The molecule has 3 unspecified atom stereocenters. The molecule has 1 fully saturated rings. The lowest BCUT2D eigenvalue weighted by molar-refractivity contribution is -0.154. The molecule has 0 bridgehead atoms. The molecule has 30 heavy (non-hydrogen) atoms. The zero-order valence-electron chi connectivity index (χ0n) is 17.0. The van der Waals surface area contributed by atoms with Gasteiger partial charge in [-0.15, -0.1) is 11.8 Å². The lowest BCUT2D eigenvalue weighted by atomic mass is 9.95. The molecule has 0 spiro atoms. The quantitative estimate of drug-likeness (QED) is 0.374. The van der Waals surface area contributed by atoms with Crippen molar-refractivity contribution >= 4 is 39.6 Å². The van der Waals surface area contributed by atoms with Crippen LogP contribution in [-0.2, 0) is 14.3 Å². The van der Waals surface area contributed by atoms with Crippen LogP contribution in [0.5, 0.6) is 0 Å². The Hall–Kier alpha value is -1.86. The van der Waals surface area contributed by atoms with E-state index in [0.29, 0.717) is 29.2 Å². The van der Waals surface area contributed by atoms with Gasteiger partial charge in [-0.1, -0.05) is 55.8 Å². The van der Waals surface area contributed by atoms with Crippen molar-refractivity contribution in [3.63, 3.8) is 0 Å². The third-order valence-electron chi connectivity index (χ3n) is 5.15. The predicted molar refractivity (Wildman–Crippen MR) is 122 cm³/mol. The summed E-state index contributed by atoms with van der Waals surface area (Å²) in [4.78, 5) is 27.2. The largest absolute Gasteiger partial charge is 0.449 e. The minimum Gasteiger partial charge on any atom is -0.449 e. The third-order valence-corrected chi connectivity index (χ3v) is 6.80. The molecule has 0 radical (unpaired) electrons. The standard InChI is InChI=1S/C23H25BrFNO3S/c1-3-7-21(24)29-23(28)20-13-30-14-26(20)22(27)15(2)17-10-11-18(19(25)12-17)16-8-5-4-6-9-16/h4-6,8-12,15,20-21H,3,7,13-14H2,1-2H3. The van der Waals surface area contributed by atoms with Crippen LogP contribution in [0, 0.1) is 5.82 Å². The Kier molecular flexibility index (Phi) is 7.94. The van der Waals surface area contributed by atoms with Gasteiger partial charge in [0.05, 0.1) is 11.8 Å². The first-order chi connectivity index (χ1) is 14.4. The Balaban J connectivity index is 1.73. The van der Waals surface area contributed by atoms with E-state index in [4.69, 9.17) is 4.74 Å². The van der Waals surface area contributed by atoms with E-state index in [1.807, 2.05) is 37.3 Å². The number of rotatable bonds is 7. The van der Waals surface area contributed by atoms with Crippen LogP contribution in [0.2, 0.25) is 0 Å². The molecule has 3 atom stereocenters. The summed E-state index contributed by atoms with van der Waals surface area (Å²) in [5.74, 6) is -0.601. The average molecular weight is 494 g/mol. The molecule has 1 saturated heterocycles. The number of esters is 1. The predicted octanol–water partition coefficient (Wildman–Crippen LogP) is 5.56. The van der Waals surface area contributed by atoms with Gasteiger partial charge in [-0.25, -0.2) is 9.18 Å². The van der Waals surface area contributed by atoms with Gasteiger partial charge in [-0.2, -0.15) is 0 Å². The number of hydrogen-bond donors (Lipinski definition) is 0. The van der Waals surface area contributed by atoms with E-state index < -0.39 is 17.9 Å².